The van der Waals surface area contributed by atoms with Gasteiger partial charge in [0.05, 0.1) is 8.07 Å². The number of hydrogen-bond acceptors (Lipinski definition) is 1. The summed E-state index contributed by atoms with van der Waals surface area (Å²) >= 11 is 0. The van der Waals surface area contributed by atoms with Gasteiger partial charge >= 0.3 is 0 Å². The molecule has 1 aromatic rings. The maximum Gasteiger partial charge on any atom is 0.128 e. The fourth-order valence-electron chi connectivity index (χ4n) is 2.45. The summed E-state index contributed by atoms with van der Waals surface area (Å²) in [4.78, 5) is 0. The maximum atomic E-state index is 13.6. The number of rotatable bonds is 1. The molecule has 1 aliphatic rings. The molecule has 0 unspecified atom stereocenters. The second-order valence-corrected chi connectivity index (χ2v) is 10.4. The minimum Gasteiger partial charge on any atom is -0.324 e. The summed E-state index contributed by atoms with van der Waals surface area (Å²) in [6, 6.07) is 3.48. The maximum absolute atomic E-state index is 13.6. The van der Waals surface area contributed by atoms with Gasteiger partial charge in [-0.2, -0.15) is 0 Å². The predicted molar refractivity (Wildman–Crippen MR) is 64.6 cm³/mol. The van der Waals surface area contributed by atoms with Crippen LogP contribution in [0, 0.1) is 5.82 Å². The van der Waals surface area contributed by atoms with Gasteiger partial charge in [-0.25, -0.2) is 4.39 Å². The van der Waals surface area contributed by atoms with Crippen molar-refractivity contribution in [2.45, 2.75) is 38.5 Å². The van der Waals surface area contributed by atoms with Crippen LogP contribution >= 0.6 is 0 Å². The smallest absolute Gasteiger partial charge is 0.128 e. The van der Waals surface area contributed by atoms with Crippen molar-refractivity contribution in [3.8, 4) is 0 Å². The lowest BCUT2D eigenvalue weighted by molar-refractivity contribution is 0.589. The molecule has 0 aromatic heterocycles. The molecule has 0 radical (unpaired) electrons. The van der Waals surface area contributed by atoms with Crippen LogP contribution < -0.4 is 10.9 Å². The quantitative estimate of drug-likeness (QED) is 0.727. The number of hydrogen-bond donors (Lipinski definition) is 1. The highest BCUT2D eigenvalue weighted by atomic mass is 28.3. The first-order valence-corrected chi connectivity index (χ1v) is 8.98. The number of halogens is 1. The van der Waals surface area contributed by atoms with Gasteiger partial charge in [0.1, 0.15) is 5.82 Å². The Labute approximate surface area is 91.5 Å². The molecule has 1 atom stereocenters. The molecule has 0 amide bonds. The van der Waals surface area contributed by atoms with Crippen LogP contribution in [0.1, 0.15) is 23.6 Å². The van der Waals surface area contributed by atoms with Crippen LogP contribution in [0.4, 0.5) is 4.39 Å². The molecular weight excluding hydrogens is 205 g/mol. The van der Waals surface area contributed by atoms with Crippen molar-refractivity contribution in [3.63, 3.8) is 0 Å². The highest BCUT2D eigenvalue weighted by Gasteiger charge is 2.29. The Kier molecular flexibility index (Phi) is 2.47. The van der Waals surface area contributed by atoms with E-state index in [-0.39, 0.29) is 11.9 Å². The summed E-state index contributed by atoms with van der Waals surface area (Å²) < 4.78 is 13.6. The second-order valence-electron chi connectivity index (χ2n) is 5.38. The molecule has 1 nitrogen and oxygen atoms in total. The van der Waals surface area contributed by atoms with Crippen molar-refractivity contribution in [1.82, 2.24) is 0 Å². The molecule has 0 saturated heterocycles. The third-order valence-corrected chi connectivity index (χ3v) is 5.27. The summed E-state index contributed by atoms with van der Waals surface area (Å²) in [6.07, 6.45) is 1.85. The largest absolute Gasteiger partial charge is 0.324 e. The zero-order chi connectivity index (χ0) is 11.2. The van der Waals surface area contributed by atoms with Gasteiger partial charge in [0.15, 0.2) is 0 Å². The van der Waals surface area contributed by atoms with E-state index in [2.05, 4.69) is 19.6 Å². The average molecular weight is 223 g/mol. The highest BCUT2D eigenvalue weighted by molar-refractivity contribution is 6.89. The van der Waals surface area contributed by atoms with Crippen molar-refractivity contribution in [2.75, 3.05) is 0 Å². The summed E-state index contributed by atoms with van der Waals surface area (Å²) in [7, 11) is -1.36. The highest BCUT2D eigenvalue weighted by Crippen LogP contribution is 2.31. The minimum atomic E-state index is -1.36. The van der Waals surface area contributed by atoms with Crippen LogP contribution in [0.15, 0.2) is 12.1 Å². The fourth-order valence-corrected chi connectivity index (χ4v) is 4.20. The Bertz CT molecular complexity index is 395. The summed E-state index contributed by atoms with van der Waals surface area (Å²) in [5.74, 6) is -0.114. The lowest BCUT2D eigenvalue weighted by atomic mass is 10.1. The molecule has 2 rings (SSSR count). The summed E-state index contributed by atoms with van der Waals surface area (Å²) in [6.45, 7) is 6.89. The van der Waals surface area contributed by atoms with Crippen LogP contribution in [0.5, 0.6) is 0 Å². The van der Waals surface area contributed by atoms with Gasteiger partial charge < -0.3 is 5.73 Å². The van der Waals surface area contributed by atoms with E-state index >= 15 is 0 Å². The van der Waals surface area contributed by atoms with E-state index in [1.54, 1.807) is 6.07 Å². The molecule has 0 aliphatic heterocycles. The third kappa shape index (κ3) is 1.74. The van der Waals surface area contributed by atoms with E-state index in [0.717, 1.165) is 18.4 Å². The molecule has 0 spiro atoms. The minimum absolute atomic E-state index is 0.0868. The molecule has 2 N–H and O–H groups in total. The molecule has 82 valence electrons. The molecule has 0 saturated carbocycles. The van der Waals surface area contributed by atoms with Gasteiger partial charge in [-0.05, 0) is 24.5 Å². The van der Waals surface area contributed by atoms with Crippen LogP contribution in [0.2, 0.25) is 19.6 Å². The van der Waals surface area contributed by atoms with Gasteiger partial charge in [-0.3, -0.25) is 0 Å². The van der Waals surface area contributed by atoms with Crippen molar-refractivity contribution >= 4 is 13.3 Å². The summed E-state index contributed by atoms with van der Waals surface area (Å²) in [5, 5.41) is 1.38. The van der Waals surface area contributed by atoms with Gasteiger partial charge in [0.25, 0.3) is 0 Å². The van der Waals surface area contributed by atoms with E-state index in [1.165, 1.54) is 10.8 Å². The van der Waals surface area contributed by atoms with E-state index in [9.17, 15) is 4.39 Å². The number of nitrogens with two attached hydrogens (primary N) is 1. The Morgan fingerprint density at radius 2 is 2.00 bits per heavy atom. The molecule has 0 fully saturated rings. The van der Waals surface area contributed by atoms with Crippen molar-refractivity contribution in [1.29, 1.82) is 0 Å². The van der Waals surface area contributed by atoms with E-state index in [0.29, 0.717) is 0 Å². The van der Waals surface area contributed by atoms with Gasteiger partial charge in [-0.1, -0.05) is 30.9 Å². The second kappa shape index (κ2) is 3.42. The topological polar surface area (TPSA) is 26.0 Å². The first kappa shape index (κ1) is 10.8. The van der Waals surface area contributed by atoms with Crippen LogP contribution in [-0.2, 0) is 6.42 Å². The van der Waals surface area contributed by atoms with Crippen molar-refractivity contribution in [2.24, 2.45) is 5.73 Å². The van der Waals surface area contributed by atoms with Gasteiger partial charge in [0.2, 0.25) is 0 Å². The molecule has 3 heteroatoms. The summed E-state index contributed by atoms with van der Waals surface area (Å²) in [5.41, 5.74) is 7.93. The Morgan fingerprint density at radius 1 is 1.33 bits per heavy atom. The molecule has 1 aromatic carbocycles. The monoisotopic (exact) mass is 223 g/mol. The van der Waals surface area contributed by atoms with Crippen molar-refractivity contribution < 1.29 is 4.39 Å². The molecule has 0 bridgehead atoms. The van der Waals surface area contributed by atoms with Gasteiger partial charge in [0, 0.05) is 11.6 Å². The normalized spacial score (nSPS) is 20.5. The molecular formula is C12H18FNSi. The SMILES string of the molecule is C[Si](C)(C)c1ccc(F)c2c1CC[C@H]2N. The standard InChI is InChI=1S/C12H18FNSi/c1-15(2,3)11-7-5-9(13)12-8(11)4-6-10(12)14/h5,7,10H,4,6,14H2,1-3H3/t10-/m1/s1. The zero-order valence-corrected chi connectivity index (χ0v) is 10.6. The average Bonchev–Trinajstić information content (AvgIpc) is 2.47. The lowest BCUT2D eigenvalue weighted by Gasteiger charge is -2.21. The number of fused-ring (bicyclic) bond motifs is 1. The van der Waals surface area contributed by atoms with Crippen LogP contribution in [0.25, 0.3) is 0 Å². The first-order valence-electron chi connectivity index (χ1n) is 5.48. The lowest BCUT2D eigenvalue weighted by Crippen LogP contribution is -2.40. The van der Waals surface area contributed by atoms with Crippen LogP contribution in [0.3, 0.4) is 0 Å². The fraction of sp³-hybridized carbons (Fsp3) is 0.500. The third-order valence-electron chi connectivity index (χ3n) is 3.19. The predicted octanol–water partition coefficient (Wildman–Crippen LogP) is 2.32. The Balaban J connectivity index is 2.63. The zero-order valence-electron chi connectivity index (χ0n) is 9.60. The molecule has 15 heavy (non-hydrogen) atoms. The Hall–Kier alpha value is -0.673. The molecule has 0 heterocycles. The molecule has 1 aliphatic carbocycles. The van der Waals surface area contributed by atoms with E-state index in [1.807, 2.05) is 6.07 Å². The Morgan fingerprint density at radius 3 is 2.60 bits per heavy atom. The van der Waals surface area contributed by atoms with E-state index < -0.39 is 8.07 Å². The van der Waals surface area contributed by atoms with Crippen LogP contribution in [-0.4, -0.2) is 8.07 Å². The van der Waals surface area contributed by atoms with Crippen molar-refractivity contribution in [3.05, 3.63) is 29.1 Å². The number of benzene rings is 1. The first-order chi connectivity index (χ1) is 6.91. The van der Waals surface area contributed by atoms with Gasteiger partial charge in [-0.15, -0.1) is 0 Å². The van der Waals surface area contributed by atoms with E-state index in [4.69, 9.17) is 5.73 Å².